The molecule has 7 nitrogen and oxygen atoms in total. The van der Waals surface area contributed by atoms with Crippen LogP contribution in [0, 0.1) is 0 Å². The van der Waals surface area contributed by atoms with Gasteiger partial charge in [0.05, 0.1) is 12.0 Å². The van der Waals surface area contributed by atoms with Crippen molar-refractivity contribution in [1.82, 2.24) is 19.4 Å². The molecule has 126 valence electrons. The summed E-state index contributed by atoms with van der Waals surface area (Å²) in [6.45, 7) is 2.46. The van der Waals surface area contributed by atoms with Gasteiger partial charge in [0.15, 0.2) is 11.5 Å². The summed E-state index contributed by atoms with van der Waals surface area (Å²) < 4.78 is 12.8. The van der Waals surface area contributed by atoms with Gasteiger partial charge in [-0.05, 0) is 17.7 Å². The van der Waals surface area contributed by atoms with Gasteiger partial charge in [-0.1, -0.05) is 6.07 Å². The van der Waals surface area contributed by atoms with Gasteiger partial charge in [0.25, 0.3) is 0 Å². The number of hydrogen-bond donors (Lipinski definition) is 0. The second kappa shape index (κ2) is 5.83. The van der Waals surface area contributed by atoms with E-state index < -0.39 is 0 Å². The highest BCUT2D eigenvalue weighted by Gasteiger charge is 2.31. The molecular weight excluding hydrogens is 308 g/mol. The van der Waals surface area contributed by atoms with Crippen molar-refractivity contribution in [2.75, 3.05) is 27.4 Å². The summed E-state index contributed by atoms with van der Waals surface area (Å²) in [6, 6.07) is 5.76. The van der Waals surface area contributed by atoms with E-state index in [2.05, 4.69) is 9.88 Å². The Morgan fingerprint density at radius 2 is 2.17 bits per heavy atom. The minimum absolute atomic E-state index is 0.0876. The first kappa shape index (κ1) is 15.0. The zero-order valence-electron chi connectivity index (χ0n) is 13.8. The number of imidazole rings is 1. The summed E-state index contributed by atoms with van der Waals surface area (Å²) in [5, 5.41) is 0. The molecule has 4 rings (SSSR count). The molecule has 1 aromatic carbocycles. The van der Waals surface area contributed by atoms with Crippen molar-refractivity contribution in [1.29, 1.82) is 0 Å². The second-order valence-electron chi connectivity index (χ2n) is 6.40. The summed E-state index contributed by atoms with van der Waals surface area (Å²) in [6.07, 6.45) is 3.58. The van der Waals surface area contributed by atoms with Crippen LogP contribution < -0.4 is 9.47 Å². The predicted molar refractivity (Wildman–Crippen MR) is 86.6 cm³/mol. The van der Waals surface area contributed by atoms with Gasteiger partial charge in [-0.15, -0.1) is 0 Å². The highest BCUT2D eigenvalue weighted by Crippen LogP contribution is 2.33. The molecule has 24 heavy (non-hydrogen) atoms. The molecule has 2 aromatic rings. The number of amides is 1. The number of aromatic nitrogens is 2. The van der Waals surface area contributed by atoms with Gasteiger partial charge >= 0.3 is 0 Å². The van der Waals surface area contributed by atoms with Crippen LogP contribution in [0.3, 0.4) is 0 Å². The first-order chi connectivity index (χ1) is 11.6. The van der Waals surface area contributed by atoms with E-state index in [1.165, 1.54) is 0 Å². The Labute approximate surface area is 140 Å². The maximum absolute atomic E-state index is 12.5. The van der Waals surface area contributed by atoms with Crippen LogP contribution in [-0.2, 0) is 17.9 Å². The van der Waals surface area contributed by atoms with Crippen LogP contribution in [0.2, 0.25) is 0 Å². The average Bonchev–Trinajstić information content (AvgIpc) is 3.21. The van der Waals surface area contributed by atoms with E-state index in [1.54, 1.807) is 25.3 Å². The molecule has 0 N–H and O–H groups in total. The van der Waals surface area contributed by atoms with Crippen LogP contribution in [0.4, 0.5) is 0 Å². The minimum atomic E-state index is -0.236. The van der Waals surface area contributed by atoms with E-state index >= 15 is 0 Å². The van der Waals surface area contributed by atoms with E-state index in [-0.39, 0.29) is 18.7 Å². The summed E-state index contributed by atoms with van der Waals surface area (Å²) in [7, 11) is 3.57. The maximum Gasteiger partial charge on any atom is 0.246 e. The van der Waals surface area contributed by atoms with Gasteiger partial charge in [-0.3, -0.25) is 9.69 Å². The number of hydrogen-bond acceptors (Lipinski definition) is 5. The molecule has 2 aliphatic rings. The number of likely N-dealkylation sites (N-methyl/N-ethyl adjacent to an activating group) is 1. The van der Waals surface area contributed by atoms with Crippen LogP contribution in [0.5, 0.6) is 11.5 Å². The second-order valence-corrected chi connectivity index (χ2v) is 6.40. The number of fused-ring (bicyclic) bond motifs is 2. The maximum atomic E-state index is 12.5. The van der Waals surface area contributed by atoms with E-state index in [4.69, 9.17) is 9.47 Å². The van der Waals surface area contributed by atoms with Crippen LogP contribution in [0.1, 0.15) is 17.3 Å². The molecule has 1 atom stereocenters. The highest BCUT2D eigenvalue weighted by molar-refractivity contribution is 5.80. The van der Waals surface area contributed by atoms with Crippen LogP contribution in [0.25, 0.3) is 0 Å². The van der Waals surface area contributed by atoms with E-state index in [9.17, 15) is 4.79 Å². The lowest BCUT2D eigenvalue weighted by Crippen LogP contribution is -2.43. The van der Waals surface area contributed by atoms with Crippen molar-refractivity contribution in [2.24, 2.45) is 0 Å². The van der Waals surface area contributed by atoms with Gasteiger partial charge in [-0.2, -0.15) is 0 Å². The fraction of sp³-hybridized carbons (Fsp3) is 0.412. The molecule has 0 spiro atoms. The van der Waals surface area contributed by atoms with Gasteiger partial charge in [0.1, 0.15) is 6.04 Å². The third-order valence-electron chi connectivity index (χ3n) is 4.47. The highest BCUT2D eigenvalue weighted by atomic mass is 16.7. The smallest absolute Gasteiger partial charge is 0.246 e. The Balaban J connectivity index is 1.55. The molecule has 7 heteroatoms. The molecule has 0 fully saturated rings. The molecule has 0 radical (unpaired) electrons. The lowest BCUT2D eigenvalue weighted by Gasteiger charge is -2.34. The van der Waals surface area contributed by atoms with Gasteiger partial charge < -0.3 is 18.9 Å². The third kappa shape index (κ3) is 2.60. The molecule has 1 aromatic heterocycles. The van der Waals surface area contributed by atoms with E-state index in [0.717, 1.165) is 35.8 Å². The first-order valence-corrected chi connectivity index (χ1v) is 7.94. The Morgan fingerprint density at radius 3 is 3.00 bits per heavy atom. The molecule has 1 amide bonds. The molecule has 0 saturated heterocycles. The van der Waals surface area contributed by atoms with Crippen molar-refractivity contribution in [2.45, 2.75) is 19.1 Å². The van der Waals surface area contributed by atoms with Crippen molar-refractivity contribution >= 4 is 5.91 Å². The van der Waals surface area contributed by atoms with Crippen molar-refractivity contribution < 1.29 is 14.3 Å². The lowest BCUT2D eigenvalue weighted by atomic mass is 10.1. The topological polar surface area (TPSA) is 59.8 Å². The standard InChI is InChI=1S/C17H20N4O3/c1-19(2)17(22)14-9-20(8-13-6-18-10-21(13)14)7-12-3-4-15-16(5-12)24-11-23-15/h3-6,10,14H,7-9,11H2,1-2H3. The number of nitrogens with zero attached hydrogens (tertiary/aromatic N) is 4. The molecule has 0 aliphatic carbocycles. The summed E-state index contributed by atoms with van der Waals surface area (Å²) >= 11 is 0. The van der Waals surface area contributed by atoms with Crippen LogP contribution in [-0.4, -0.2) is 52.7 Å². The fourth-order valence-electron chi connectivity index (χ4n) is 3.27. The van der Waals surface area contributed by atoms with Crippen molar-refractivity contribution in [3.05, 3.63) is 42.0 Å². The Kier molecular flexibility index (Phi) is 3.65. The third-order valence-corrected chi connectivity index (χ3v) is 4.47. The Morgan fingerprint density at radius 1 is 1.33 bits per heavy atom. The summed E-state index contributed by atoms with van der Waals surface area (Å²) in [5.41, 5.74) is 2.20. The summed E-state index contributed by atoms with van der Waals surface area (Å²) in [4.78, 5) is 20.6. The minimum Gasteiger partial charge on any atom is -0.454 e. The molecular formula is C17H20N4O3. The van der Waals surface area contributed by atoms with Crippen molar-refractivity contribution in [3.63, 3.8) is 0 Å². The van der Waals surface area contributed by atoms with Gasteiger partial charge in [-0.25, -0.2) is 4.98 Å². The predicted octanol–water partition coefficient (Wildman–Crippen LogP) is 1.26. The number of carbonyl (C=O) groups is 1. The quantitative estimate of drug-likeness (QED) is 0.849. The molecule has 1 unspecified atom stereocenters. The Hall–Kier alpha value is -2.54. The Bertz CT molecular complexity index is 771. The van der Waals surface area contributed by atoms with Crippen LogP contribution in [0.15, 0.2) is 30.7 Å². The molecule has 0 bridgehead atoms. The van der Waals surface area contributed by atoms with Crippen molar-refractivity contribution in [3.8, 4) is 11.5 Å². The average molecular weight is 328 g/mol. The van der Waals surface area contributed by atoms with E-state index in [1.807, 2.05) is 29.0 Å². The number of rotatable bonds is 3. The zero-order chi connectivity index (χ0) is 16.7. The fourth-order valence-corrected chi connectivity index (χ4v) is 3.27. The van der Waals surface area contributed by atoms with Gasteiger partial charge in [0.2, 0.25) is 12.7 Å². The number of carbonyl (C=O) groups excluding carboxylic acids is 1. The van der Waals surface area contributed by atoms with Gasteiger partial charge in [0, 0.05) is 39.9 Å². The zero-order valence-corrected chi connectivity index (χ0v) is 13.8. The number of benzene rings is 1. The molecule has 3 heterocycles. The largest absolute Gasteiger partial charge is 0.454 e. The van der Waals surface area contributed by atoms with Crippen LogP contribution >= 0.6 is 0 Å². The number of ether oxygens (including phenoxy) is 2. The molecule has 2 aliphatic heterocycles. The summed E-state index contributed by atoms with van der Waals surface area (Å²) in [5.74, 6) is 1.66. The molecule has 0 saturated carbocycles. The monoisotopic (exact) mass is 328 g/mol. The van der Waals surface area contributed by atoms with E-state index in [0.29, 0.717) is 6.54 Å². The SMILES string of the molecule is CN(C)C(=O)C1CN(Cc2ccc3c(c2)OCO3)Cc2cncn21. The first-order valence-electron chi connectivity index (χ1n) is 7.94. The lowest BCUT2D eigenvalue weighted by molar-refractivity contribution is -0.133. The normalized spacial score (nSPS) is 19.2.